The third-order valence-electron chi connectivity index (χ3n) is 2.88. The number of para-hydroxylation sites is 1. The Balaban J connectivity index is 2.39. The number of nitrogens with one attached hydrogen (secondary N) is 2. The average molecular weight is 273 g/mol. The van der Waals surface area contributed by atoms with E-state index in [-0.39, 0.29) is 11.1 Å². The second-order valence-electron chi connectivity index (χ2n) is 4.04. The van der Waals surface area contributed by atoms with Gasteiger partial charge in [-0.15, -0.1) is 11.8 Å². The third-order valence-corrected chi connectivity index (χ3v) is 3.59. The summed E-state index contributed by atoms with van der Waals surface area (Å²) in [6.07, 6.45) is 1.82. The zero-order valence-corrected chi connectivity index (χ0v) is 11.0. The molecule has 0 fully saturated rings. The highest BCUT2D eigenvalue weighted by atomic mass is 32.2. The fourth-order valence-corrected chi connectivity index (χ4v) is 2.64. The van der Waals surface area contributed by atoms with Crippen molar-refractivity contribution in [2.45, 2.75) is 5.03 Å². The Hall–Kier alpha value is -2.21. The molecule has 2 N–H and O–H groups in total. The standard InChI is InChI=1S/C13H11N3O2S/c1-19-12-11-9(7-10(17)14-12)15-16(13(11)18)8-5-3-2-4-6-8/h2-7,15H,1H3,(H,14,17). The molecule has 0 amide bonds. The zero-order valence-electron chi connectivity index (χ0n) is 10.1. The van der Waals surface area contributed by atoms with Crippen molar-refractivity contribution in [1.29, 1.82) is 0 Å². The Morgan fingerprint density at radius 2 is 1.89 bits per heavy atom. The third kappa shape index (κ3) is 1.90. The molecular formula is C13H11N3O2S. The molecule has 0 spiro atoms. The van der Waals surface area contributed by atoms with Crippen LogP contribution >= 0.6 is 11.8 Å². The number of aromatic nitrogens is 3. The van der Waals surface area contributed by atoms with E-state index in [1.54, 1.807) is 0 Å². The van der Waals surface area contributed by atoms with Crippen LogP contribution in [0.15, 0.2) is 51.0 Å². The second-order valence-corrected chi connectivity index (χ2v) is 4.86. The Kier molecular flexibility index (Phi) is 2.79. The summed E-state index contributed by atoms with van der Waals surface area (Å²) in [6, 6.07) is 10.7. The number of aromatic amines is 2. The van der Waals surface area contributed by atoms with Gasteiger partial charge in [0.05, 0.1) is 21.6 Å². The molecule has 2 aromatic heterocycles. The van der Waals surface area contributed by atoms with E-state index in [2.05, 4.69) is 10.1 Å². The van der Waals surface area contributed by atoms with Crippen LogP contribution in [0.3, 0.4) is 0 Å². The molecule has 0 radical (unpaired) electrons. The summed E-state index contributed by atoms with van der Waals surface area (Å²) in [6.45, 7) is 0. The number of fused-ring (bicyclic) bond motifs is 1. The fourth-order valence-electron chi connectivity index (χ4n) is 2.03. The van der Waals surface area contributed by atoms with Crippen molar-refractivity contribution in [3.8, 4) is 5.69 Å². The van der Waals surface area contributed by atoms with Crippen LogP contribution in [0.1, 0.15) is 0 Å². The van der Waals surface area contributed by atoms with Gasteiger partial charge in [-0.3, -0.25) is 14.7 Å². The molecule has 2 heterocycles. The summed E-state index contributed by atoms with van der Waals surface area (Å²) in [5, 5.41) is 4.06. The van der Waals surface area contributed by atoms with Gasteiger partial charge in [0.1, 0.15) is 0 Å². The van der Waals surface area contributed by atoms with E-state index in [0.29, 0.717) is 15.9 Å². The highest BCUT2D eigenvalue weighted by molar-refractivity contribution is 7.98. The molecule has 5 nitrogen and oxygen atoms in total. The number of pyridine rings is 1. The van der Waals surface area contributed by atoms with Crippen molar-refractivity contribution >= 4 is 22.7 Å². The van der Waals surface area contributed by atoms with Crippen molar-refractivity contribution in [3.63, 3.8) is 0 Å². The maximum atomic E-state index is 12.4. The highest BCUT2D eigenvalue weighted by Gasteiger charge is 2.13. The summed E-state index contributed by atoms with van der Waals surface area (Å²) < 4.78 is 1.44. The smallest absolute Gasteiger partial charge is 0.281 e. The minimum atomic E-state index is -0.224. The van der Waals surface area contributed by atoms with E-state index in [4.69, 9.17) is 0 Å². The first-order chi connectivity index (χ1) is 9.20. The van der Waals surface area contributed by atoms with Crippen molar-refractivity contribution in [2.24, 2.45) is 0 Å². The topological polar surface area (TPSA) is 70.7 Å². The lowest BCUT2D eigenvalue weighted by molar-refractivity contribution is 0.863. The number of hydrogen-bond donors (Lipinski definition) is 2. The first kappa shape index (κ1) is 11.9. The molecule has 6 heteroatoms. The predicted octanol–water partition coefficient (Wildman–Crippen LogP) is 1.73. The van der Waals surface area contributed by atoms with Crippen molar-refractivity contribution < 1.29 is 0 Å². The van der Waals surface area contributed by atoms with Crippen molar-refractivity contribution in [3.05, 3.63) is 57.1 Å². The Morgan fingerprint density at radius 1 is 1.16 bits per heavy atom. The molecule has 3 rings (SSSR count). The molecule has 0 saturated heterocycles. The number of hydrogen-bond acceptors (Lipinski definition) is 3. The summed E-state index contributed by atoms with van der Waals surface area (Å²) in [7, 11) is 0. The molecule has 3 aromatic rings. The summed E-state index contributed by atoms with van der Waals surface area (Å²) >= 11 is 1.35. The highest BCUT2D eigenvalue weighted by Crippen LogP contribution is 2.19. The van der Waals surface area contributed by atoms with Gasteiger partial charge in [-0.25, -0.2) is 4.68 Å². The van der Waals surface area contributed by atoms with Crippen LogP contribution in [0.25, 0.3) is 16.6 Å². The first-order valence-electron chi connectivity index (χ1n) is 5.68. The van der Waals surface area contributed by atoms with E-state index in [1.165, 1.54) is 22.5 Å². The summed E-state index contributed by atoms with van der Waals surface area (Å²) in [5.74, 6) is 0. The lowest BCUT2D eigenvalue weighted by atomic mass is 10.3. The normalized spacial score (nSPS) is 11.0. The molecule has 1 aromatic carbocycles. The minimum Gasteiger partial charge on any atom is -0.316 e. The average Bonchev–Trinajstić information content (AvgIpc) is 2.76. The molecule has 0 atom stereocenters. The van der Waals surface area contributed by atoms with Crippen molar-refractivity contribution in [1.82, 2.24) is 14.8 Å². The largest absolute Gasteiger partial charge is 0.316 e. The van der Waals surface area contributed by atoms with Crippen LogP contribution in [-0.2, 0) is 0 Å². The monoisotopic (exact) mass is 273 g/mol. The van der Waals surface area contributed by atoms with Gasteiger partial charge in [-0.05, 0) is 18.4 Å². The van der Waals surface area contributed by atoms with Crippen LogP contribution in [0.2, 0.25) is 0 Å². The fraction of sp³-hybridized carbons (Fsp3) is 0.0769. The van der Waals surface area contributed by atoms with Gasteiger partial charge in [0.2, 0.25) is 0 Å². The molecular weight excluding hydrogens is 262 g/mol. The molecule has 0 bridgehead atoms. The van der Waals surface area contributed by atoms with Gasteiger partial charge >= 0.3 is 0 Å². The van der Waals surface area contributed by atoms with E-state index < -0.39 is 0 Å². The van der Waals surface area contributed by atoms with Crippen LogP contribution in [0.5, 0.6) is 0 Å². The number of rotatable bonds is 2. The predicted molar refractivity (Wildman–Crippen MR) is 76.3 cm³/mol. The molecule has 0 aliphatic carbocycles. The van der Waals surface area contributed by atoms with Crippen molar-refractivity contribution in [2.75, 3.05) is 6.26 Å². The van der Waals surface area contributed by atoms with Gasteiger partial charge in [0, 0.05) is 6.07 Å². The van der Waals surface area contributed by atoms with Crippen LogP contribution in [0.4, 0.5) is 0 Å². The number of nitrogens with zero attached hydrogens (tertiary/aromatic N) is 1. The molecule has 0 aliphatic heterocycles. The number of benzene rings is 1. The Morgan fingerprint density at radius 3 is 2.58 bits per heavy atom. The zero-order chi connectivity index (χ0) is 13.4. The quantitative estimate of drug-likeness (QED) is 0.698. The van der Waals surface area contributed by atoms with E-state index >= 15 is 0 Å². The van der Waals surface area contributed by atoms with Gasteiger partial charge < -0.3 is 4.98 Å². The van der Waals surface area contributed by atoms with Crippen LogP contribution in [0, 0.1) is 0 Å². The van der Waals surface area contributed by atoms with Gasteiger partial charge in [-0.1, -0.05) is 18.2 Å². The van der Waals surface area contributed by atoms with Gasteiger partial charge in [0.25, 0.3) is 11.1 Å². The van der Waals surface area contributed by atoms with E-state index in [1.807, 2.05) is 36.6 Å². The SMILES string of the molecule is CSc1[nH]c(=O)cc2[nH]n(-c3ccccc3)c(=O)c12. The molecule has 19 heavy (non-hydrogen) atoms. The maximum absolute atomic E-state index is 12.4. The lowest BCUT2D eigenvalue weighted by Crippen LogP contribution is -2.15. The van der Waals surface area contributed by atoms with Crippen LogP contribution < -0.4 is 11.1 Å². The summed E-state index contributed by atoms with van der Waals surface area (Å²) in [4.78, 5) is 26.6. The van der Waals surface area contributed by atoms with Crippen LogP contribution in [-0.4, -0.2) is 21.0 Å². The molecule has 0 aliphatic rings. The minimum absolute atomic E-state index is 0.165. The molecule has 0 saturated carbocycles. The molecule has 0 unspecified atom stereocenters. The summed E-state index contributed by atoms with van der Waals surface area (Å²) in [5.41, 5.74) is 0.894. The molecule has 96 valence electrons. The number of thioether (sulfide) groups is 1. The maximum Gasteiger partial charge on any atom is 0.281 e. The first-order valence-corrected chi connectivity index (χ1v) is 6.90. The van der Waals surface area contributed by atoms with E-state index in [9.17, 15) is 9.59 Å². The van der Waals surface area contributed by atoms with Gasteiger partial charge in [0.15, 0.2) is 0 Å². The van der Waals surface area contributed by atoms with Gasteiger partial charge in [-0.2, -0.15) is 0 Å². The lowest BCUT2D eigenvalue weighted by Gasteiger charge is -1.98. The Labute approximate surface area is 112 Å². The Bertz CT molecular complexity index is 846. The van der Waals surface area contributed by atoms with E-state index in [0.717, 1.165) is 5.69 Å². The second kappa shape index (κ2) is 4.47. The number of H-pyrrole nitrogens is 2.